The number of anilines is 2. The van der Waals surface area contributed by atoms with Gasteiger partial charge in [-0.25, -0.2) is 14.8 Å². The van der Waals surface area contributed by atoms with Crippen LogP contribution in [0.4, 0.5) is 16.3 Å². The molecule has 0 saturated carbocycles. The molecule has 1 atom stereocenters. The number of carbonyl (C=O) groups excluding carboxylic acids is 1. The van der Waals surface area contributed by atoms with Crippen LogP contribution in [0.1, 0.15) is 39.0 Å². The van der Waals surface area contributed by atoms with Gasteiger partial charge >= 0.3 is 6.03 Å². The number of hydrogen-bond donors (Lipinski definition) is 2. The Morgan fingerprint density at radius 1 is 1.22 bits per heavy atom. The van der Waals surface area contributed by atoms with Crippen molar-refractivity contribution in [2.24, 2.45) is 5.92 Å². The molecule has 4 rings (SSSR count). The van der Waals surface area contributed by atoms with Crippen LogP contribution in [-0.4, -0.2) is 59.8 Å². The third-order valence-corrected chi connectivity index (χ3v) is 5.83. The number of fused-ring (bicyclic) bond motifs is 1. The van der Waals surface area contributed by atoms with E-state index in [4.69, 9.17) is 14.7 Å². The average molecular weight is 439 g/mol. The van der Waals surface area contributed by atoms with Crippen LogP contribution >= 0.6 is 0 Å². The molecule has 172 valence electrons. The number of ether oxygens (including phenoxy) is 1. The van der Waals surface area contributed by atoms with Crippen molar-refractivity contribution in [3.05, 3.63) is 35.5 Å². The van der Waals surface area contributed by atoms with E-state index in [0.717, 1.165) is 54.8 Å². The molecule has 1 saturated heterocycles. The van der Waals surface area contributed by atoms with Gasteiger partial charge in [-0.3, -0.25) is 4.90 Å². The number of urea groups is 1. The molecule has 1 unspecified atom stereocenters. The first-order valence-corrected chi connectivity index (χ1v) is 11.6. The molecule has 1 fully saturated rings. The molecular weight excluding hydrogens is 404 g/mol. The first-order chi connectivity index (χ1) is 15.4. The SMILES string of the molecule is CCNC(=O)Nc1ccc(-c2nc3c(c(N4CCOCC4C)n2)CN(CC(C)C)C3)cc1. The molecular formula is C24H34N6O2. The van der Waals surface area contributed by atoms with Crippen LogP contribution in [0, 0.1) is 5.92 Å². The first kappa shape index (κ1) is 22.5. The maximum absolute atomic E-state index is 11.8. The van der Waals surface area contributed by atoms with Crippen molar-refractivity contribution in [2.75, 3.05) is 43.1 Å². The fourth-order valence-corrected chi connectivity index (χ4v) is 4.39. The van der Waals surface area contributed by atoms with Crippen molar-refractivity contribution in [2.45, 2.75) is 46.8 Å². The number of carbonyl (C=O) groups is 1. The van der Waals surface area contributed by atoms with Crippen LogP contribution < -0.4 is 15.5 Å². The summed E-state index contributed by atoms with van der Waals surface area (Å²) in [6.07, 6.45) is 0. The summed E-state index contributed by atoms with van der Waals surface area (Å²) in [7, 11) is 0. The van der Waals surface area contributed by atoms with E-state index in [1.165, 1.54) is 5.56 Å². The standard InChI is InChI=1S/C24H34N6O2/c1-5-25-24(31)26-19-8-6-18(7-9-19)22-27-21-14-29(12-16(2)3)13-20(21)23(28-22)30-10-11-32-15-17(30)4/h6-9,16-17H,5,10-15H2,1-4H3,(H2,25,26,31). The predicted octanol–water partition coefficient (Wildman–Crippen LogP) is 3.48. The van der Waals surface area contributed by atoms with Crippen LogP contribution in [-0.2, 0) is 17.8 Å². The highest BCUT2D eigenvalue weighted by Crippen LogP contribution is 2.33. The van der Waals surface area contributed by atoms with Gasteiger partial charge in [-0.15, -0.1) is 0 Å². The zero-order valence-electron chi connectivity index (χ0n) is 19.5. The van der Waals surface area contributed by atoms with Gasteiger partial charge in [0, 0.05) is 49.5 Å². The van der Waals surface area contributed by atoms with Gasteiger partial charge in [0.1, 0.15) is 5.82 Å². The lowest BCUT2D eigenvalue weighted by atomic mass is 10.1. The van der Waals surface area contributed by atoms with Crippen molar-refractivity contribution in [3.8, 4) is 11.4 Å². The Morgan fingerprint density at radius 3 is 2.69 bits per heavy atom. The van der Waals surface area contributed by atoms with Crippen LogP contribution in [0.5, 0.6) is 0 Å². The Labute approximate surface area is 190 Å². The van der Waals surface area contributed by atoms with Gasteiger partial charge in [-0.2, -0.15) is 0 Å². The molecule has 2 N–H and O–H groups in total. The van der Waals surface area contributed by atoms with Crippen LogP contribution in [0.25, 0.3) is 11.4 Å². The molecule has 32 heavy (non-hydrogen) atoms. The highest BCUT2D eigenvalue weighted by atomic mass is 16.5. The minimum atomic E-state index is -0.206. The van der Waals surface area contributed by atoms with E-state index in [-0.39, 0.29) is 12.1 Å². The van der Waals surface area contributed by atoms with Crippen molar-refractivity contribution >= 4 is 17.5 Å². The van der Waals surface area contributed by atoms with Gasteiger partial charge in [-0.05, 0) is 44.0 Å². The molecule has 2 aromatic rings. The maximum Gasteiger partial charge on any atom is 0.319 e. The second-order valence-corrected chi connectivity index (χ2v) is 9.04. The van der Waals surface area contributed by atoms with Crippen molar-refractivity contribution in [1.82, 2.24) is 20.2 Å². The number of nitrogens with one attached hydrogen (secondary N) is 2. The Bertz CT molecular complexity index is 946. The number of amides is 2. The Morgan fingerprint density at radius 2 is 2.00 bits per heavy atom. The van der Waals surface area contributed by atoms with Gasteiger partial charge in [0.2, 0.25) is 0 Å². The third-order valence-electron chi connectivity index (χ3n) is 5.83. The normalized spacial score (nSPS) is 18.7. The summed E-state index contributed by atoms with van der Waals surface area (Å²) >= 11 is 0. The third kappa shape index (κ3) is 5.02. The summed E-state index contributed by atoms with van der Waals surface area (Å²) in [5, 5.41) is 5.58. The second kappa shape index (κ2) is 9.83. The zero-order valence-corrected chi connectivity index (χ0v) is 19.5. The minimum absolute atomic E-state index is 0.206. The number of morpholine rings is 1. The summed E-state index contributed by atoms with van der Waals surface area (Å²) in [6.45, 7) is 14.2. The van der Waals surface area contributed by atoms with Crippen molar-refractivity contribution in [3.63, 3.8) is 0 Å². The fraction of sp³-hybridized carbons (Fsp3) is 0.542. The van der Waals surface area contributed by atoms with E-state index in [1.54, 1.807) is 0 Å². The van der Waals surface area contributed by atoms with Crippen molar-refractivity contribution < 1.29 is 9.53 Å². The highest BCUT2D eigenvalue weighted by Gasteiger charge is 2.31. The number of nitrogens with zero attached hydrogens (tertiary/aromatic N) is 4. The van der Waals surface area contributed by atoms with Gasteiger partial charge in [-0.1, -0.05) is 13.8 Å². The zero-order chi connectivity index (χ0) is 22.7. The molecule has 2 aliphatic rings. The molecule has 0 aliphatic carbocycles. The van der Waals surface area contributed by atoms with E-state index >= 15 is 0 Å². The predicted molar refractivity (Wildman–Crippen MR) is 127 cm³/mol. The largest absolute Gasteiger partial charge is 0.377 e. The summed E-state index contributed by atoms with van der Waals surface area (Å²) in [6, 6.07) is 7.79. The number of aromatic nitrogens is 2. The molecule has 2 aliphatic heterocycles. The topological polar surface area (TPSA) is 82.6 Å². The van der Waals surface area contributed by atoms with E-state index in [9.17, 15) is 4.79 Å². The van der Waals surface area contributed by atoms with Gasteiger partial charge in [0.05, 0.1) is 24.9 Å². The molecule has 3 heterocycles. The quantitative estimate of drug-likeness (QED) is 0.719. The Balaban J connectivity index is 1.65. The molecule has 1 aromatic heterocycles. The Hall–Kier alpha value is -2.71. The molecule has 8 heteroatoms. The lowest BCUT2D eigenvalue weighted by Gasteiger charge is -2.35. The van der Waals surface area contributed by atoms with E-state index in [0.29, 0.717) is 25.7 Å². The molecule has 2 amide bonds. The average Bonchev–Trinajstić information content (AvgIpc) is 3.16. The van der Waals surface area contributed by atoms with Gasteiger partial charge in [0.25, 0.3) is 0 Å². The van der Waals surface area contributed by atoms with E-state index in [1.807, 2.05) is 31.2 Å². The van der Waals surface area contributed by atoms with E-state index in [2.05, 4.69) is 41.2 Å². The molecule has 8 nitrogen and oxygen atoms in total. The minimum Gasteiger partial charge on any atom is -0.377 e. The molecule has 0 spiro atoms. The smallest absolute Gasteiger partial charge is 0.319 e. The monoisotopic (exact) mass is 438 g/mol. The van der Waals surface area contributed by atoms with Crippen LogP contribution in [0.15, 0.2) is 24.3 Å². The highest BCUT2D eigenvalue weighted by molar-refractivity contribution is 5.89. The fourth-order valence-electron chi connectivity index (χ4n) is 4.39. The lowest BCUT2D eigenvalue weighted by Crippen LogP contribution is -2.44. The summed E-state index contributed by atoms with van der Waals surface area (Å²) in [5.41, 5.74) is 4.05. The Kier molecular flexibility index (Phi) is 6.91. The second-order valence-electron chi connectivity index (χ2n) is 9.04. The van der Waals surface area contributed by atoms with Crippen LogP contribution in [0.2, 0.25) is 0 Å². The van der Waals surface area contributed by atoms with Crippen LogP contribution in [0.3, 0.4) is 0 Å². The van der Waals surface area contributed by atoms with Gasteiger partial charge in [0.15, 0.2) is 5.82 Å². The number of hydrogen-bond acceptors (Lipinski definition) is 6. The maximum atomic E-state index is 11.8. The van der Waals surface area contributed by atoms with E-state index < -0.39 is 0 Å². The van der Waals surface area contributed by atoms with Crippen molar-refractivity contribution in [1.29, 1.82) is 0 Å². The summed E-state index contributed by atoms with van der Waals surface area (Å²) < 4.78 is 5.67. The molecule has 1 aromatic carbocycles. The number of benzene rings is 1. The summed E-state index contributed by atoms with van der Waals surface area (Å²) in [5.74, 6) is 2.37. The molecule has 0 radical (unpaired) electrons. The number of rotatable bonds is 6. The first-order valence-electron chi connectivity index (χ1n) is 11.6. The van der Waals surface area contributed by atoms with Gasteiger partial charge < -0.3 is 20.3 Å². The summed E-state index contributed by atoms with van der Waals surface area (Å²) in [4.78, 5) is 26.6. The molecule has 0 bridgehead atoms. The lowest BCUT2D eigenvalue weighted by molar-refractivity contribution is 0.0984.